The molecule has 1 aliphatic heterocycles. The highest BCUT2D eigenvalue weighted by molar-refractivity contribution is 5.90. The third-order valence-corrected chi connectivity index (χ3v) is 3.58. The number of esters is 1. The highest BCUT2D eigenvalue weighted by atomic mass is 16.5. The molecule has 0 bridgehead atoms. The van der Waals surface area contributed by atoms with Crippen LogP contribution >= 0.6 is 0 Å². The van der Waals surface area contributed by atoms with Crippen LogP contribution in [-0.2, 0) is 4.74 Å². The average Bonchev–Trinajstić information content (AvgIpc) is 2.54. The number of nitrogens with one attached hydrogen (secondary N) is 1. The van der Waals surface area contributed by atoms with Crippen LogP contribution in [0.5, 0.6) is 0 Å². The van der Waals surface area contributed by atoms with E-state index in [4.69, 9.17) is 10.5 Å². The van der Waals surface area contributed by atoms with Gasteiger partial charge in [0.1, 0.15) is 0 Å². The Hall–Kier alpha value is -2.07. The number of hydrogen-bond donors (Lipinski definition) is 2. The first kappa shape index (κ1) is 15.3. The van der Waals surface area contributed by atoms with E-state index < -0.39 is 0 Å². The van der Waals surface area contributed by atoms with Crippen molar-refractivity contribution in [2.24, 2.45) is 5.73 Å². The van der Waals surface area contributed by atoms with Gasteiger partial charge in [0.25, 0.3) is 0 Å². The molecule has 0 amide bonds. The summed E-state index contributed by atoms with van der Waals surface area (Å²) in [4.78, 5) is 11.6. The largest absolute Gasteiger partial charge is 0.462 e. The third-order valence-electron chi connectivity index (χ3n) is 3.58. The van der Waals surface area contributed by atoms with Crippen molar-refractivity contribution >= 4 is 11.5 Å². The number of ether oxygens (including phenoxy) is 1. The number of dihydropyridines is 1. The van der Waals surface area contributed by atoms with Gasteiger partial charge in [-0.15, -0.1) is 0 Å². The zero-order valence-corrected chi connectivity index (χ0v) is 12.5. The molecule has 4 nitrogen and oxygen atoms in total. The Morgan fingerprint density at radius 1 is 1.33 bits per heavy atom. The van der Waals surface area contributed by atoms with Crippen molar-refractivity contribution < 1.29 is 9.53 Å². The minimum atomic E-state index is -0.288. The van der Waals surface area contributed by atoms with Gasteiger partial charge in [-0.05, 0) is 36.6 Å². The van der Waals surface area contributed by atoms with Gasteiger partial charge in [-0.3, -0.25) is 0 Å². The van der Waals surface area contributed by atoms with Crippen LogP contribution in [0.2, 0.25) is 0 Å². The van der Waals surface area contributed by atoms with E-state index in [1.54, 1.807) is 19.1 Å². The van der Waals surface area contributed by atoms with Gasteiger partial charge in [-0.1, -0.05) is 31.2 Å². The summed E-state index contributed by atoms with van der Waals surface area (Å²) in [5.74, 6) is -0.288. The molecule has 1 aromatic carbocycles. The van der Waals surface area contributed by atoms with E-state index >= 15 is 0 Å². The quantitative estimate of drug-likeness (QED) is 0.816. The zero-order valence-electron chi connectivity index (χ0n) is 12.5. The second kappa shape index (κ2) is 7.09. The van der Waals surface area contributed by atoms with Crippen molar-refractivity contribution in [2.45, 2.75) is 32.4 Å². The van der Waals surface area contributed by atoms with E-state index in [9.17, 15) is 4.79 Å². The van der Waals surface area contributed by atoms with E-state index in [-0.39, 0.29) is 18.1 Å². The first-order valence-corrected chi connectivity index (χ1v) is 7.33. The maximum absolute atomic E-state index is 11.6. The molecule has 4 heteroatoms. The molecule has 21 heavy (non-hydrogen) atoms. The zero-order chi connectivity index (χ0) is 15.2. The van der Waals surface area contributed by atoms with Gasteiger partial charge in [-0.25, -0.2) is 4.79 Å². The van der Waals surface area contributed by atoms with Gasteiger partial charge in [0.05, 0.1) is 18.2 Å². The summed E-state index contributed by atoms with van der Waals surface area (Å²) < 4.78 is 4.97. The van der Waals surface area contributed by atoms with E-state index in [0.29, 0.717) is 12.2 Å². The summed E-state index contributed by atoms with van der Waals surface area (Å²) in [6, 6.07) is 7.70. The Bertz CT molecular complexity index is 546. The van der Waals surface area contributed by atoms with Crippen molar-refractivity contribution in [1.82, 2.24) is 5.32 Å². The molecule has 0 aromatic heterocycles. The molecular weight excluding hydrogens is 264 g/mol. The van der Waals surface area contributed by atoms with Crippen molar-refractivity contribution in [3.8, 4) is 0 Å². The minimum Gasteiger partial charge on any atom is -0.462 e. The number of nitrogens with two attached hydrogens (primary N) is 1. The van der Waals surface area contributed by atoms with Gasteiger partial charge in [0.15, 0.2) is 0 Å². The Balaban J connectivity index is 2.06. The number of hydrogen-bond acceptors (Lipinski definition) is 4. The number of rotatable bonds is 5. The van der Waals surface area contributed by atoms with Crippen LogP contribution in [0.1, 0.15) is 36.2 Å². The Kier molecular flexibility index (Phi) is 5.17. The maximum Gasteiger partial charge on any atom is 0.338 e. The fourth-order valence-corrected chi connectivity index (χ4v) is 2.21. The predicted molar refractivity (Wildman–Crippen MR) is 84.7 cm³/mol. The number of carbonyl (C=O) groups excluding carboxylic acids is 1. The normalized spacial score (nSPS) is 18.6. The lowest BCUT2D eigenvalue weighted by Gasteiger charge is -2.23. The summed E-state index contributed by atoms with van der Waals surface area (Å²) in [6.07, 6.45) is 7.05. The molecule has 1 heterocycles. The first-order valence-electron chi connectivity index (χ1n) is 7.33. The Labute approximate surface area is 125 Å². The number of benzene rings is 1. The van der Waals surface area contributed by atoms with Crippen LogP contribution in [0.15, 0.2) is 42.6 Å². The molecule has 1 aromatic rings. The van der Waals surface area contributed by atoms with E-state index in [0.717, 1.165) is 17.6 Å². The Morgan fingerprint density at radius 3 is 2.57 bits per heavy atom. The second-order valence-corrected chi connectivity index (χ2v) is 5.02. The smallest absolute Gasteiger partial charge is 0.338 e. The van der Waals surface area contributed by atoms with Crippen LogP contribution in [-0.4, -0.2) is 24.7 Å². The number of carbonyl (C=O) groups is 1. The van der Waals surface area contributed by atoms with Gasteiger partial charge < -0.3 is 15.8 Å². The average molecular weight is 286 g/mol. The van der Waals surface area contributed by atoms with Gasteiger partial charge in [0.2, 0.25) is 0 Å². The highest BCUT2D eigenvalue weighted by Gasteiger charge is 2.15. The molecule has 2 rings (SSSR count). The van der Waals surface area contributed by atoms with Crippen molar-refractivity contribution in [1.29, 1.82) is 0 Å². The lowest BCUT2D eigenvalue weighted by atomic mass is 9.98. The summed E-state index contributed by atoms with van der Waals surface area (Å²) >= 11 is 0. The van der Waals surface area contributed by atoms with Crippen molar-refractivity contribution in [3.05, 3.63) is 53.7 Å². The van der Waals surface area contributed by atoms with Crippen LogP contribution in [0.25, 0.3) is 5.57 Å². The monoisotopic (exact) mass is 286 g/mol. The fourth-order valence-electron chi connectivity index (χ4n) is 2.21. The van der Waals surface area contributed by atoms with Crippen molar-refractivity contribution in [2.75, 3.05) is 6.61 Å². The van der Waals surface area contributed by atoms with Crippen LogP contribution < -0.4 is 11.1 Å². The molecular formula is C17H22N2O2. The summed E-state index contributed by atoms with van der Waals surface area (Å²) in [5, 5.41) is 3.31. The van der Waals surface area contributed by atoms with E-state index in [1.807, 2.05) is 18.3 Å². The van der Waals surface area contributed by atoms with Crippen LogP contribution in [0.4, 0.5) is 0 Å². The molecule has 2 unspecified atom stereocenters. The lowest BCUT2D eigenvalue weighted by molar-refractivity contribution is 0.0526. The van der Waals surface area contributed by atoms with Gasteiger partial charge in [0, 0.05) is 12.2 Å². The van der Waals surface area contributed by atoms with Crippen molar-refractivity contribution in [3.63, 3.8) is 0 Å². The molecule has 0 saturated carbocycles. The fraction of sp³-hybridized carbons (Fsp3) is 0.353. The third kappa shape index (κ3) is 3.73. The molecule has 0 fully saturated rings. The van der Waals surface area contributed by atoms with Crippen LogP contribution in [0, 0.1) is 0 Å². The minimum absolute atomic E-state index is 0.116. The molecule has 0 spiro atoms. The molecule has 0 radical (unpaired) electrons. The van der Waals surface area contributed by atoms with Crippen LogP contribution in [0.3, 0.4) is 0 Å². The topological polar surface area (TPSA) is 64.3 Å². The molecule has 3 N–H and O–H groups in total. The molecule has 1 aliphatic rings. The SMILES string of the molecule is CCOC(=O)c1ccc(C2=CNC(C(N)CC)C=C2)cc1. The molecule has 112 valence electrons. The van der Waals surface area contributed by atoms with Gasteiger partial charge >= 0.3 is 5.97 Å². The highest BCUT2D eigenvalue weighted by Crippen LogP contribution is 2.20. The number of allylic oxidation sites excluding steroid dienone is 2. The molecule has 0 aliphatic carbocycles. The second-order valence-electron chi connectivity index (χ2n) is 5.02. The lowest BCUT2D eigenvalue weighted by Crippen LogP contribution is -2.42. The molecule has 0 saturated heterocycles. The standard InChI is InChI=1S/C17H22N2O2/c1-3-15(18)16-10-9-14(11-19-16)12-5-7-13(8-6-12)17(20)21-4-2/h5-11,15-16,19H,3-4,18H2,1-2H3. The van der Waals surface area contributed by atoms with E-state index in [2.05, 4.69) is 24.4 Å². The first-order chi connectivity index (χ1) is 10.2. The predicted octanol–water partition coefficient (Wildman–Crippen LogP) is 2.47. The Morgan fingerprint density at radius 2 is 2.05 bits per heavy atom. The molecule has 2 atom stereocenters. The summed E-state index contributed by atoms with van der Waals surface area (Å²) in [5.41, 5.74) is 8.71. The van der Waals surface area contributed by atoms with Gasteiger partial charge in [-0.2, -0.15) is 0 Å². The summed E-state index contributed by atoms with van der Waals surface area (Å²) in [6.45, 7) is 4.26. The maximum atomic E-state index is 11.6. The summed E-state index contributed by atoms with van der Waals surface area (Å²) in [7, 11) is 0. The van der Waals surface area contributed by atoms with E-state index in [1.165, 1.54) is 0 Å².